The lowest BCUT2D eigenvalue weighted by molar-refractivity contribution is -0.120. The third kappa shape index (κ3) is 2.62. The first-order chi connectivity index (χ1) is 9.34. The molecule has 2 nitrogen and oxygen atoms in total. The zero-order valence-corrected chi connectivity index (χ0v) is 11.0. The number of aryl methyl sites for hydroxylation is 2. The predicted molar refractivity (Wildman–Crippen MR) is 74.2 cm³/mol. The van der Waals surface area contributed by atoms with Crippen molar-refractivity contribution in [1.82, 2.24) is 0 Å². The van der Waals surface area contributed by atoms with Gasteiger partial charge in [-0.15, -0.1) is 0 Å². The maximum absolute atomic E-state index is 12.4. The first kappa shape index (κ1) is 12.2. The van der Waals surface area contributed by atoms with Crippen LogP contribution in [0.2, 0.25) is 0 Å². The van der Waals surface area contributed by atoms with E-state index in [9.17, 15) is 4.79 Å². The number of rotatable bonds is 4. The van der Waals surface area contributed by atoms with Gasteiger partial charge in [-0.1, -0.05) is 24.3 Å². The molecule has 3 rings (SSSR count). The van der Waals surface area contributed by atoms with Gasteiger partial charge in [0.1, 0.15) is 11.5 Å². The van der Waals surface area contributed by atoms with Crippen LogP contribution in [0.15, 0.2) is 47.1 Å². The highest BCUT2D eigenvalue weighted by molar-refractivity contribution is 5.86. The third-order valence-electron chi connectivity index (χ3n) is 3.96. The lowest BCUT2D eigenvalue weighted by atomic mass is 9.79. The van der Waals surface area contributed by atoms with Gasteiger partial charge in [-0.3, -0.25) is 4.79 Å². The molecule has 0 saturated heterocycles. The molecule has 0 fully saturated rings. The molecular formula is C17H18O2. The summed E-state index contributed by atoms with van der Waals surface area (Å²) >= 11 is 0. The Kier molecular flexibility index (Phi) is 3.49. The molecule has 1 unspecified atom stereocenters. The van der Waals surface area contributed by atoms with Crippen molar-refractivity contribution in [3.05, 3.63) is 59.5 Å². The van der Waals surface area contributed by atoms with Crippen molar-refractivity contribution >= 4 is 5.78 Å². The maximum Gasteiger partial charge on any atom is 0.140 e. The molecule has 0 spiro atoms. The van der Waals surface area contributed by atoms with Gasteiger partial charge in [-0.25, -0.2) is 0 Å². The first-order valence-electron chi connectivity index (χ1n) is 6.97. The molecule has 1 heterocycles. The van der Waals surface area contributed by atoms with E-state index in [-0.39, 0.29) is 5.92 Å². The Morgan fingerprint density at radius 1 is 1.21 bits per heavy atom. The van der Waals surface area contributed by atoms with E-state index in [2.05, 4.69) is 18.2 Å². The molecule has 98 valence electrons. The van der Waals surface area contributed by atoms with Crippen LogP contribution in [0.3, 0.4) is 0 Å². The minimum Gasteiger partial charge on any atom is -0.469 e. The van der Waals surface area contributed by atoms with Crippen LogP contribution in [0, 0.1) is 0 Å². The van der Waals surface area contributed by atoms with Gasteiger partial charge in [0.2, 0.25) is 0 Å². The van der Waals surface area contributed by atoms with E-state index < -0.39 is 0 Å². The molecule has 1 aliphatic rings. The summed E-state index contributed by atoms with van der Waals surface area (Å²) in [6.07, 6.45) is 6.17. The number of hydrogen-bond acceptors (Lipinski definition) is 2. The zero-order valence-electron chi connectivity index (χ0n) is 11.0. The van der Waals surface area contributed by atoms with Crippen LogP contribution in [0.1, 0.15) is 42.1 Å². The topological polar surface area (TPSA) is 30.2 Å². The molecule has 2 heteroatoms. The van der Waals surface area contributed by atoms with Crippen molar-refractivity contribution in [3.63, 3.8) is 0 Å². The van der Waals surface area contributed by atoms with Crippen molar-refractivity contribution in [2.75, 3.05) is 0 Å². The number of furan rings is 1. The fourth-order valence-corrected chi connectivity index (χ4v) is 2.96. The van der Waals surface area contributed by atoms with Gasteiger partial charge in [0.25, 0.3) is 0 Å². The van der Waals surface area contributed by atoms with E-state index in [1.165, 1.54) is 11.1 Å². The van der Waals surface area contributed by atoms with Crippen molar-refractivity contribution in [2.24, 2.45) is 0 Å². The Labute approximate surface area is 113 Å². The number of benzene rings is 1. The number of Topliss-reactive ketones (excluding diaryl/α,β-unsaturated/α-hetero) is 1. The molecule has 19 heavy (non-hydrogen) atoms. The van der Waals surface area contributed by atoms with Crippen LogP contribution in [0.4, 0.5) is 0 Å². The van der Waals surface area contributed by atoms with E-state index in [0.29, 0.717) is 18.6 Å². The SMILES string of the molecule is O=C(CCc1ccco1)C1CCCc2ccccc21. The Bertz CT molecular complexity index is 554. The molecule has 1 aromatic carbocycles. The number of carbonyl (C=O) groups excluding carboxylic acids is 1. The monoisotopic (exact) mass is 254 g/mol. The van der Waals surface area contributed by atoms with Crippen molar-refractivity contribution in [3.8, 4) is 0 Å². The molecule has 0 radical (unpaired) electrons. The molecule has 1 atom stereocenters. The van der Waals surface area contributed by atoms with Gasteiger partial charge in [-0.2, -0.15) is 0 Å². The number of fused-ring (bicyclic) bond motifs is 1. The summed E-state index contributed by atoms with van der Waals surface area (Å²) in [7, 11) is 0. The summed E-state index contributed by atoms with van der Waals surface area (Å²) in [6.45, 7) is 0. The average Bonchev–Trinajstić information content (AvgIpc) is 2.97. The van der Waals surface area contributed by atoms with E-state index in [1.54, 1.807) is 6.26 Å². The van der Waals surface area contributed by atoms with Crippen LogP contribution in [0.5, 0.6) is 0 Å². The fraction of sp³-hybridized carbons (Fsp3) is 0.353. The van der Waals surface area contributed by atoms with E-state index >= 15 is 0 Å². The molecular weight excluding hydrogens is 236 g/mol. The smallest absolute Gasteiger partial charge is 0.140 e. The van der Waals surface area contributed by atoms with Gasteiger partial charge < -0.3 is 4.42 Å². The number of carbonyl (C=O) groups is 1. The van der Waals surface area contributed by atoms with Crippen LogP contribution in [-0.4, -0.2) is 5.78 Å². The minimum absolute atomic E-state index is 0.0971. The second-order valence-electron chi connectivity index (χ2n) is 5.19. The predicted octanol–water partition coefficient (Wildman–Crippen LogP) is 3.90. The standard InChI is InChI=1S/C17H18O2/c18-17(11-10-14-7-4-12-19-14)16-9-3-6-13-5-1-2-8-15(13)16/h1-2,4-5,7-8,12,16H,3,6,9-11H2. The highest BCUT2D eigenvalue weighted by atomic mass is 16.3. The van der Waals surface area contributed by atoms with Gasteiger partial charge in [-0.05, 0) is 42.5 Å². The summed E-state index contributed by atoms with van der Waals surface area (Å²) in [5.41, 5.74) is 2.60. The lowest BCUT2D eigenvalue weighted by Gasteiger charge is -2.24. The van der Waals surface area contributed by atoms with Gasteiger partial charge >= 0.3 is 0 Å². The second kappa shape index (κ2) is 5.43. The van der Waals surface area contributed by atoms with E-state index in [0.717, 1.165) is 25.0 Å². The van der Waals surface area contributed by atoms with Gasteiger partial charge in [0, 0.05) is 18.8 Å². The lowest BCUT2D eigenvalue weighted by Crippen LogP contribution is -2.18. The Hall–Kier alpha value is -1.83. The Balaban J connectivity index is 1.71. The number of hydrogen-bond donors (Lipinski definition) is 0. The Morgan fingerprint density at radius 3 is 2.95 bits per heavy atom. The molecule has 2 aromatic rings. The van der Waals surface area contributed by atoms with Crippen LogP contribution in [0.25, 0.3) is 0 Å². The van der Waals surface area contributed by atoms with Gasteiger partial charge in [0.15, 0.2) is 0 Å². The molecule has 0 bridgehead atoms. The molecule has 0 saturated carbocycles. The molecule has 1 aromatic heterocycles. The summed E-state index contributed by atoms with van der Waals surface area (Å²) in [5, 5.41) is 0. The summed E-state index contributed by atoms with van der Waals surface area (Å²) in [6, 6.07) is 12.2. The number of ketones is 1. The van der Waals surface area contributed by atoms with Gasteiger partial charge in [0.05, 0.1) is 6.26 Å². The van der Waals surface area contributed by atoms with Crippen molar-refractivity contribution < 1.29 is 9.21 Å². The molecule has 0 amide bonds. The first-order valence-corrected chi connectivity index (χ1v) is 6.97. The van der Waals surface area contributed by atoms with Crippen molar-refractivity contribution in [2.45, 2.75) is 38.0 Å². The van der Waals surface area contributed by atoms with Crippen LogP contribution >= 0.6 is 0 Å². The maximum atomic E-state index is 12.4. The summed E-state index contributed by atoms with van der Waals surface area (Å²) in [4.78, 5) is 12.4. The van der Waals surface area contributed by atoms with Crippen LogP contribution < -0.4 is 0 Å². The summed E-state index contributed by atoms with van der Waals surface area (Å²) < 4.78 is 5.29. The quantitative estimate of drug-likeness (QED) is 0.828. The second-order valence-corrected chi connectivity index (χ2v) is 5.19. The van der Waals surface area contributed by atoms with Crippen molar-refractivity contribution in [1.29, 1.82) is 0 Å². The average molecular weight is 254 g/mol. The minimum atomic E-state index is 0.0971. The molecule has 1 aliphatic carbocycles. The van der Waals surface area contributed by atoms with E-state index in [1.807, 2.05) is 18.2 Å². The third-order valence-corrected chi connectivity index (χ3v) is 3.96. The highest BCUT2D eigenvalue weighted by Gasteiger charge is 2.25. The molecule has 0 N–H and O–H groups in total. The normalized spacial score (nSPS) is 18.0. The van der Waals surface area contributed by atoms with E-state index in [4.69, 9.17) is 4.42 Å². The largest absolute Gasteiger partial charge is 0.469 e. The highest BCUT2D eigenvalue weighted by Crippen LogP contribution is 2.33. The summed E-state index contributed by atoms with van der Waals surface area (Å²) in [5.74, 6) is 1.35. The zero-order chi connectivity index (χ0) is 13.1. The fourth-order valence-electron chi connectivity index (χ4n) is 2.96. The van der Waals surface area contributed by atoms with Crippen LogP contribution in [-0.2, 0) is 17.6 Å². The molecule has 0 aliphatic heterocycles. The Morgan fingerprint density at radius 2 is 2.11 bits per heavy atom.